The van der Waals surface area contributed by atoms with Crippen LogP contribution in [0.15, 0.2) is 36.9 Å². The van der Waals surface area contributed by atoms with Crippen molar-refractivity contribution in [3.8, 4) is 22.6 Å². The first kappa shape index (κ1) is 22.1. The Morgan fingerprint density at radius 1 is 1.03 bits per heavy atom. The number of carboxylic acids is 1. The van der Waals surface area contributed by atoms with E-state index in [1.54, 1.807) is 12.1 Å². The molecule has 2 heterocycles. The summed E-state index contributed by atoms with van der Waals surface area (Å²) in [6.07, 6.45) is 4.25. The lowest BCUT2D eigenvalue weighted by molar-refractivity contribution is 0.0699. The molecule has 0 saturated carbocycles. The van der Waals surface area contributed by atoms with Crippen LogP contribution >= 0.6 is 23.2 Å². The van der Waals surface area contributed by atoms with E-state index < -0.39 is 5.97 Å². The molecule has 0 aliphatic heterocycles. The monoisotopic (exact) mass is 462 g/mol. The van der Waals surface area contributed by atoms with Crippen molar-refractivity contribution in [3.63, 3.8) is 0 Å². The number of aromatic carboxylic acids is 1. The summed E-state index contributed by atoms with van der Waals surface area (Å²) in [5, 5.41) is 15.8. The van der Waals surface area contributed by atoms with Gasteiger partial charge in [0, 0.05) is 29.6 Å². The highest BCUT2D eigenvalue weighted by molar-refractivity contribution is 6.41. The predicted octanol–water partition coefficient (Wildman–Crippen LogP) is 3.71. The van der Waals surface area contributed by atoms with E-state index in [4.69, 9.17) is 38.4 Å². The second kappa shape index (κ2) is 9.45. The van der Waals surface area contributed by atoms with Gasteiger partial charge in [0.25, 0.3) is 0 Å². The molecule has 0 saturated heterocycles. The number of nitrogen functional groups attached to an aromatic ring is 1. The number of hydrogen-bond donors (Lipinski definition) is 3. The molecule has 31 heavy (non-hydrogen) atoms. The Hall–Kier alpha value is -3.63. The summed E-state index contributed by atoms with van der Waals surface area (Å²) in [4.78, 5) is 23.4. The van der Waals surface area contributed by atoms with Gasteiger partial charge in [-0.2, -0.15) is 5.10 Å². The van der Waals surface area contributed by atoms with E-state index >= 15 is 0 Å². The van der Waals surface area contributed by atoms with Crippen LogP contribution in [0.5, 0.6) is 11.5 Å². The number of ether oxygens (including phenoxy) is 2. The van der Waals surface area contributed by atoms with Crippen LogP contribution in [0.1, 0.15) is 10.4 Å². The van der Waals surface area contributed by atoms with Crippen molar-refractivity contribution >= 4 is 46.2 Å². The van der Waals surface area contributed by atoms with Crippen molar-refractivity contribution < 1.29 is 19.4 Å². The van der Waals surface area contributed by atoms with E-state index in [9.17, 15) is 9.90 Å². The maximum Gasteiger partial charge on any atom is 0.337 e. The molecule has 0 atom stereocenters. The first-order chi connectivity index (χ1) is 14.9. The average Bonchev–Trinajstić information content (AvgIpc) is 3.25. The number of carboxylic acid groups (broad SMARTS) is 1. The highest BCUT2D eigenvalue weighted by Gasteiger charge is 2.22. The molecule has 0 bridgehead atoms. The highest BCUT2D eigenvalue weighted by atomic mass is 35.5. The quantitative estimate of drug-likeness (QED) is 0.412. The Balaban J connectivity index is 0.000000391. The molecule has 4 aromatic rings. The van der Waals surface area contributed by atoms with Crippen molar-refractivity contribution in [2.45, 2.75) is 0 Å². The van der Waals surface area contributed by atoms with Crippen LogP contribution in [0.2, 0.25) is 10.0 Å². The normalized spacial score (nSPS) is 10.3. The summed E-state index contributed by atoms with van der Waals surface area (Å²) in [6, 6.07) is 4.60. The van der Waals surface area contributed by atoms with Gasteiger partial charge in [-0.25, -0.2) is 14.9 Å². The largest absolute Gasteiger partial charge is 0.495 e. The molecule has 0 radical (unpaired) electrons. The highest BCUT2D eigenvalue weighted by Crippen LogP contribution is 2.47. The van der Waals surface area contributed by atoms with Gasteiger partial charge in [0.05, 0.1) is 35.3 Å². The van der Waals surface area contributed by atoms with Crippen LogP contribution < -0.4 is 15.2 Å². The van der Waals surface area contributed by atoms with Gasteiger partial charge in [0.15, 0.2) is 0 Å². The third-order valence-electron chi connectivity index (χ3n) is 4.13. The zero-order valence-corrected chi connectivity index (χ0v) is 17.8. The fourth-order valence-corrected chi connectivity index (χ4v) is 3.47. The number of nitrogens with two attached hydrogens (primary N) is 1. The van der Waals surface area contributed by atoms with E-state index in [-0.39, 0.29) is 21.1 Å². The predicted molar refractivity (Wildman–Crippen MR) is 116 cm³/mol. The SMILES string of the molecule is COc1cc(OC)c(Cl)c(-c2ccc(C(=O)O)c3nccnc23)c1Cl.Nc1ncn[nH]1. The number of nitrogens with zero attached hydrogens (tertiary/aromatic N) is 4. The zero-order valence-electron chi connectivity index (χ0n) is 16.3. The van der Waals surface area contributed by atoms with Crippen molar-refractivity contribution in [1.82, 2.24) is 25.1 Å². The van der Waals surface area contributed by atoms with Crippen LogP contribution in [0, 0.1) is 0 Å². The lowest BCUT2D eigenvalue weighted by Gasteiger charge is -2.16. The molecule has 0 aliphatic carbocycles. The number of benzene rings is 2. The van der Waals surface area contributed by atoms with Crippen LogP contribution in [0.25, 0.3) is 22.2 Å². The minimum absolute atomic E-state index is 0.0361. The molecule has 160 valence electrons. The van der Waals surface area contributed by atoms with Crippen molar-refractivity contribution in [2.24, 2.45) is 0 Å². The Morgan fingerprint density at radius 2 is 1.65 bits per heavy atom. The summed E-state index contributed by atoms with van der Waals surface area (Å²) in [5.41, 5.74) is 6.65. The minimum atomic E-state index is -1.10. The Labute approximate surface area is 186 Å². The molecule has 0 unspecified atom stereocenters. The van der Waals surface area contributed by atoms with E-state index in [0.717, 1.165) is 0 Å². The van der Waals surface area contributed by atoms with Crippen LogP contribution in [-0.2, 0) is 0 Å². The molecule has 0 spiro atoms. The van der Waals surface area contributed by atoms with Gasteiger partial charge in [-0.1, -0.05) is 29.3 Å². The summed E-state index contributed by atoms with van der Waals surface area (Å²) < 4.78 is 10.6. The third-order valence-corrected chi connectivity index (χ3v) is 4.88. The number of aromatic nitrogens is 5. The molecule has 0 aliphatic rings. The molecule has 4 rings (SSSR count). The number of hydrogen-bond acceptors (Lipinski definition) is 8. The number of rotatable bonds is 4. The number of aromatic amines is 1. The van der Waals surface area contributed by atoms with E-state index in [2.05, 4.69) is 25.1 Å². The van der Waals surface area contributed by atoms with E-state index in [0.29, 0.717) is 34.1 Å². The first-order valence-electron chi connectivity index (χ1n) is 8.57. The number of methoxy groups -OCH3 is 2. The van der Waals surface area contributed by atoms with Gasteiger partial charge in [-0.3, -0.25) is 9.97 Å². The summed E-state index contributed by atoms with van der Waals surface area (Å²) in [6.45, 7) is 0. The molecule has 10 nitrogen and oxygen atoms in total. The summed E-state index contributed by atoms with van der Waals surface area (Å²) >= 11 is 12.9. The molecule has 2 aromatic heterocycles. The van der Waals surface area contributed by atoms with Gasteiger partial charge in [-0.15, -0.1) is 0 Å². The molecule has 12 heteroatoms. The van der Waals surface area contributed by atoms with Crippen LogP contribution in [0.3, 0.4) is 0 Å². The van der Waals surface area contributed by atoms with Gasteiger partial charge in [-0.05, 0) is 6.07 Å². The zero-order chi connectivity index (χ0) is 22.5. The Kier molecular flexibility index (Phi) is 6.73. The second-order valence-corrected chi connectivity index (χ2v) is 6.63. The fraction of sp³-hybridized carbons (Fsp3) is 0.105. The average molecular weight is 463 g/mol. The lowest BCUT2D eigenvalue weighted by atomic mass is 10.00. The fourth-order valence-electron chi connectivity index (χ4n) is 2.77. The molecule has 0 amide bonds. The standard InChI is InChI=1S/C17H12Cl2N2O4.C2H4N4/c1-24-10-7-11(25-2)14(19)12(13(10)18)8-3-4-9(17(22)23)16-15(8)20-5-6-21-16;3-2-4-1-5-6-2/h3-7H,1-2H3,(H,22,23);1H,(H3,3,4,5,6). The molecule has 4 N–H and O–H groups in total. The van der Waals surface area contributed by atoms with E-state index in [1.807, 2.05) is 0 Å². The second-order valence-electron chi connectivity index (χ2n) is 5.87. The topological polar surface area (TPSA) is 149 Å². The summed E-state index contributed by atoms with van der Waals surface area (Å²) in [7, 11) is 2.95. The van der Waals surface area contributed by atoms with E-state index in [1.165, 1.54) is 39.0 Å². The third kappa shape index (κ3) is 4.44. The Morgan fingerprint density at radius 3 is 2.10 bits per heavy atom. The van der Waals surface area contributed by atoms with Crippen LogP contribution in [-0.4, -0.2) is 50.4 Å². The van der Waals surface area contributed by atoms with Crippen molar-refractivity contribution in [1.29, 1.82) is 0 Å². The number of H-pyrrole nitrogens is 1. The Bertz CT molecular complexity index is 1210. The first-order valence-corrected chi connectivity index (χ1v) is 9.32. The van der Waals surface area contributed by atoms with Gasteiger partial charge < -0.3 is 20.3 Å². The van der Waals surface area contributed by atoms with Crippen molar-refractivity contribution in [2.75, 3.05) is 20.0 Å². The minimum Gasteiger partial charge on any atom is -0.495 e. The molecule has 0 fully saturated rings. The lowest BCUT2D eigenvalue weighted by Crippen LogP contribution is -2.01. The van der Waals surface area contributed by atoms with Gasteiger partial charge in [0.1, 0.15) is 23.3 Å². The summed E-state index contributed by atoms with van der Waals surface area (Å²) in [5.74, 6) is 0.00185. The molecular weight excluding hydrogens is 447 g/mol. The number of carbonyl (C=O) groups is 1. The molecule has 2 aromatic carbocycles. The number of anilines is 1. The maximum absolute atomic E-state index is 11.4. The smallest absolute Gasteiger partial charge is 0.337 e. The number of fused-ring (bicyclic) bond motifs is 1. The number of nitrogens with one attached hydrogen (secondary N) is 1. The maximum atomic E-state index is 11.4. The van der Waals surface area contributed by atoms with Crippen LogP contribution in [0.4, 0.5) is 5.95 Å². The van der Waals surface area contributed by atoms with Gasteiger partial charge in [0.2, 0.25) is 5.95 Å². The van der Waals surface area contributed by atoms with Crippen molar-refractivity contribution in [3.05, 3.63) is 52.5 Å². The number of halogens is 2. The van der Waals surface area contributed by atoms with Gasteiger partial charge >= 0.3 is 5.97 Å². The molecular formula is C19H16Cl2N6O4.